The summed E-state index contributed by atoms with van der Waals surface area (Å²) < 4.78 is 5.12. The highest BCUT2D eigenvalue weighted by molar-refractivity contribution is 6.01. The van der Waals surface area contributed by atoms with Gasteiger partial charge in [-0.25, -0.2) is 4.79 Å². The van der Waals surface area contributed by atoms with Crippen LogP contribution in [0.25, 0.3) is 0 Å². The first kappa shape index (κ1) is 23.1. The highest BCUT2D eigenvalue weighted by atomic mass is 16.5. The van der Waals surface area contributed by atoms with Gasteiger partial charge in [0.2, 0.25) is 11.8 Å². The molecular formula is C24H29N3O5. The van der Waals surface area contributed by atoms with Gasteiger partial charge >= 0.3 is 5.97 Å². The van der Waals surface area contributed by atoms with Crippen molar-refractivity contribution in [2.24, 2.45) is 0 Å². The van der Waals surface area contributed by atoms with E-state index >= 15 is 0 Å². The maximum absolute atomic E-state index is 12.4. The summed E-state index contributed by atoms with van der Waals surface area (Å²) in [7, 11) is 3.35. The number of likely N-dealkylation sites (N-methyl/N-ethyl adjacent to an activating group) is 1. The molecule has 8 heteroatoms. The Kier molecular flexibility index (Phi) is 7.70. The molecule has 0 atom stereocenters. The van der Waals surface area contributed by atoms with Crippen molar-refractivity contribution in [3.05, 3.63) is 53.6 Å². The minimum absolute atomic E-state index is 0.0132. The molecule has 170 valence electrons. The number of aryl methyl sites for hydroxylation is 1. The molecule has 3 rings (SSSR count). The van der Waals surface area contributed by atoms with Crippen molar-refractivity contribution in [1.29, 1.82) is 0 Å². The van der Waals surface area contributed by atoms with Gasteiger partial charge < -0.3 is 25.0 Å². The van der Waals surface area contributed by atoms with Crippen molar-refractivity contribution in [3.8, 4) is 5.75 Å². The smallest absolute Gasteiger partial charge is 0.337 e. The fourth-order valence-corrected chi connectivity index (χ4v) is 3.68. The molecule has 1 heterocycles. The van der Waals surface area contributed by atoms with E-state index in [9.17, 15) is 19.5 Å². The first-order valence-corrected chi connectivity index (χ1v) is 10.7. The van der Waals surface area contributed by atoms with Crippen LogP contribution in [0.2, 0.25) is 0 Å². The monoisotopic (exact) mass is 439 g/mol. The molecule has 2 N–H and O–H groups in total. The van der Waals surface area contributed by atoms with Crippen LogP contribution in [0.1, 0.15) is 35.2 Å². The van der Waals surface area contributed by atoms with Gasteiger partial charge in [0.1, 0.15) is 5.75 Å². The molecule has 1 fully saturated rings. The number of carbonyl (C=O) groups excluding carboxylic acids is 2. The summed E-state index contributed by atoms with van der Waals surface area (Å²) in [6, 6.07) is 12.2. The summed E-state index contributed by atoms with van der Waals surface area (Å²) in [5.74, 6) is -0.639. The predicted octanol–water partition coefficient (Wildman–Crippen LogP) is 3.02. The van der Waals surface area contributed by atoms with E-state index in [1.54, 1.807) is 31.2 Å². The van der Waals surface area contributed by atoms with Crippen LogP contribution in [0.15, 0.2) is 42.5 Å². The summed E-state index contributed by atoms with van der Waals surface area (Å²) >= 11 is 0. The highest BCUT2D eigenvalue weighted by Crippen LogP contribution is 2.24. The summed E-state index contributed by atoms with van der Waals surface area (Å²) in [5.41, 5.74) is 1.81. The van der Waals surface area contributed by atoms with Crippen LogP contribution in [0.5, 0.6) is 5.75 Å². The number of aromatic carboxylic acids is 1. The van der Waals surface area contributed by atoms with Crippen LogP contribution in [0.3, 0.4) is 0 Å². The zero-order chi connectivity index (χ0) is 23.1. The Morgan fingerprint density at radius 3 is 2.41 bits per heavy atom. The van der Waals surface area contributed by atoms with Crippen molar-refractivity contribution in [1.82, 2.24) is 4.90 Å². The van der Waals surface area contributed by atoms with E-state index in [1.807, 2.05) is 29.2 Å². The van der Waals surface area contributed by atoms with Gasteiger partial charge in [0, 0.05) is 32.2 Å². The van der Waals surface area contributed by atoms with Gasteiger partial charge in [-0.15, -0.1) is 0 Å². The Bertz CT molecular complexity index is 968. The lowest BCUT2D eigenvalue weighted by Crippen LogP contribution is -2.37. The highest BCUT2D eigenvalue weighted by Gasteiger charge is 2.20. The van der Waals surface area contributed by atoms with E-state index in [-0.39, 0.29) is 36.0 Å². The number of rotatable bonds is 9. The average Bonchev–Trinajstić information content (AvgIpc) is 3.33. The zero-order valence-electron chi connectivity index (χ0n) is 18.5. The normalized spacial score (nSPS) is 13.0. The number of nitrogens with one attached hydrogen (secondary N) is 1. The number of likely N-dealkylation sites (tertiary alicyclic amines) is 1. The molecule has 2 aromatic rings. The molecule has 2 aromatic carbocycles. The van der Waals surface area contributed by atoms with Gasteiger partial charge in [0.15, 0.2) is 0 Å². The van der Waals surface area contributed by atoms with E-state index in [0.717, 1.165) is 37.2 Å². The van der Waals surface area contributed by atoms with Crippen molar-refractivity contribution >= 4 is 29.2 Å². The van der Waals surface area contributed by atoms with Crippen molar-refractivity contribution in [3.63, 3.8) is 0 Å². The SMILES string of the molecule is COc1ccc(CCC(=O)Nc2ccc(N(C)CC(=O)N3CCCC3)cc2C(=O)O)cc1. The number of carbonyl (C=O) groups is 3. The van der Waals surface area contributed by atoms with Gasteiger partial charge in [-0.2, -0.15) is 0 Å². The van der Waals surface area contributed by atoms with Crippen LogP contribution in [-0.2, 0) is 16.0 Å². The average molecular weight is 440 g/mol. The first-order chi connectivity index (χ1) is 15.4. The standard InChI is InChI=1S/C24H29N3O5/c1-26(16-23(29)27-13-3-4-14-27)18-8-11-21(20(15-18)24(30)31)25-22(28)12-7-17-5-9-19(32-2)10-6-17/h5-6,8-11,15H,3-4,7,12-14,16H2,1-2H3,(H,25,28)(H,30,31). The third-order valence-electron chi connectivity index (χ3n) is 5.58. The third kappa shape index (κ3) is 6.00. The summed E-state index contributed by atoms with van der Waals surface area (Å²) in [5, 5.41) is 12.3. The minimum Gasteiger partial charge on any atom is -0.497 e. The Morgan fingerprint density at radius 1 is 1.09 bits per heavy atom. The maximum atomic E-state index is 12.4. The van der Waals surface area contributed by atoms with E-state index < -0.39 is 5.97 Å². The number of carboxylic acid groups (broad SMARTS) is 1. The molecule has 2 amide bonds. The van der Waals surface area contributed by atoms with Crippen LogP contribution in [-0.4, -0.2) is 61.6 Å². The molecule has 0 aromatic heterocycles. The molecule has 0 saturated carbocycles. The lowest BCUT2D eigenvalue weighted by Gasteiger charge is -2.23. The van der Waals surface area contributed by atoms with Crippen molar-refractivity contribution in [2.75, 3.05) is 44.0 Å². The summed E-state index contributed by atoms with van der Waals surface area (Å²) in [6.45, 7) is 1.72. The lowest BCUT2D eigenvalue weighted by atomic mass is 10.1. The Hall–Kier alpha value is -3.55. The topological polar surface area (TPSA) is 99.2 Å². The molecule has 8 nitrogen and oxygen atoms in total. The predicted molar refractivity (Wildman–Crippen MR) is 122 cm³/mol. The molecule has 0 radical (unpaired) electrons. The van der Waals surface area contributed by atoms with Gasteiger partial charge in [-0.05, 0) is 55.2 Å². The second kappa shape index (κ2) is 10.7. The largest absolute Gasteiger partial charge is 0.497 e. The van der Waals surface area contributed by atoms with Crippen LogP contribution >= 0.6 is 0 Å². The van der Waals surface area contributed by atoms with E-state index in [4.69, 9.17) is 4.74 Å². The number of carboxylic acids is 1. The molecule has 1 aliphatic rings. The molecular weight excluding hydrogens is 410 g/mol. The Labute approximate surface area is 187 Å². The van der Waals surface area contributed by atoms with E-state index in [2.05, 4.69) is 5.32 Å². The summed E-state index contributed by atoms with van der Waals surface area (Å²) in [4.78, 5) is 40.1. The van der Waals surface area contributed by atoms with Crippen LogP contribution in [0.4, 0.5) is 11.4 Å². The van der Waals surface area contributed by atoms with Gasteiger partial charge in [-0.1, -0.05) is 12.1 Å². The number of methoxy groups -OCH3 is 1. The molecule has 32 heavy (non-hydrogen) atoms. The number of hydrogen-bond donors (Lipinski definition) is 2. The van der Waals surface area contributed by atoms with E-state index in [1.165, 1.54) is 6.07 Å². The zero-order valence-corrected chi connectivity index (χ0v) is 18.5. The Morgan fingerprint density at radius 2 is 1.78 bits per heavy atom. The second-order valence-corrected chi connectivity index (χ2v) is 7.88. The lowest BCUT2D eigenvalue weighted by molar-refractivity contribution is -0.128. The van der Waals surface area contributed by atoms with Crippen LogP contribution < -0.4 is 15.0 Å². The number of nitrogens with zero attached hydrogens (tertiary/aromatic N) is 2. The minimum atomic E-state index is -1.14. The number of benzene rings is 2. The molecule has 0 spiro atoms. The summed E-state index contributed by atoms with van der Waals surface area (Å²) in [6.07, 6.45) is 2.78. The quantitative estimate of drug-likeness (QED) is 0.623. The first-order valence-electron chi connectivity index (χ1n) is 10.7. The van der Waals surface area contributed by atoms with Crippen molar-refractivity contribution < 1.29 is 24.2 Å². The van der Waals surface area contributed by atoms with Gasteiger partial charge in [0.05, 0.1) is 24.9 Å². The molecule has 0 aliphatic carbocycles. The number of amides is 2. The molecule has 0 unspecified atom stereocenters. The number of hydrogen-bond acceptors (Lipinski definition) is 5. The number of ether oxygens (including phenoxy) is 1. The van der Waals surface area contributed by atoms with E-state index in [0.29, 0.717) is 12.1 Å². The number of anilines is 2. The van der Waals surface area contributed by atoms with Gasteiger partial charge in [0.25, 0.3) is 0 Å². The van der Waals surface area contributed by atoms with Crippen LogP contribution in [0, 0.1) is 0 Å². The van der Waals surface area contributed by atoms with Crippen molar-refractivity contribution in [2.45, 2.75) is 25.7 Å². The Balaban J connectivity index is 1.62. The third-order valence-corrected chi connectivity index (χ3v) is 5.58. The molecule has 0 bridgehead atoms. The maximum Gasteiger partial charge on any atom is 0.337 e. The molecule has 1 aliphatic heterocycles. The molecule has 1 saturated heterocycles. The second-order valence-electron chi connectivity index (χ2n) is 7.88. The fourth-order valence-electron chi connectivity index (χ4n) is 3.68. The fraction of sp³-hybridized carbons (Fsp3) is 0.375. The van der Waals surface area contributed by atoms with Gasteiger partial charge in [-0.3, -0.25) is 9.59 Å².